The van der Waals surface area contributed by atoms with Crippen LogP contribution < -0.4 is 4.74 Å². The molecule has 1 aromatic carbocycles. The van der Waals surface area contributed by atoms with Crippen molar-refractivity contribution in [1.82, 2.24) is 9.59 Å². The van der Waals surface area contributed by atoms with E-state index in [2.05, 4.69) is 9.59 Å². The molecule has 0 radical (unpaired) electrons. The fourth-order valence-electron chi connectivity index (χ4n) is 1.13. The Labute approximate surface area is 95.5 Å². The Hall–Kier alpha value is -1.95. The van der Waals surface area contributed by atoms with E-state index in [1.807, 2.05) is 18.2 Å². The normalized spacial score (nSPS) is 10.0. The number of carbonyl (C=O) groups is 1. The Balaban J connectivity index is 2.05. The molecule has 0 amide bonds. The number of hydrogen-bond donors (Lipinski definition) is 1. The molecular weight excluding hydrogens is 228 g/mol. The first kappa shape index (κ1) is 10.6. The van der Waals surface area contributed by atoms with E-state index in [1.54, 1.807) is 12.1 Å². The maximum Gasteiger partial charge on any atom is 0.349 e. The molecule has 1 aromatic heterocycles. The predicted octanol–water partition coefficient (Wildman–Crippen LogP) is 1.82. The smallest absolute Gasteiger partial charge is 0.349 e. The average Bonchev–Trinajstić information content (AvgIpc) is 2.76. The third kappa shape index (κ3) is 2.34. The summed E-state index contributed by atoms with van der Waals surface area (Å²) >= 11 is 0.852. The molecule has 0 atom stereocenters. The third-order valence-corrected chi connectivity index (χ3v) is 2.62. The number of aromatic nitrogens is 2. The monoisotopic (exact) mass is 236 g/mol. The van der Waals surface area contributed by atoms with Gasteiger partial charge >= 0.3 is 5.97 Å². The van der Waals surface area contributed by atoms with Crippen molar-refractivity contribution in [3.8, 4) is 5.75 Å². The molecule has 16 heavy (non-hydrogen) atoms. The molecule has 2 rings (SSSR count). The third-order valence-electron chi connectivity index (χ3n) is 1.87. The molecule has 0 unspecified atom stereocenters. The number of hydrogen-bond acceptors (Lipinski definition) is 5. The highest BCUT2D eigenvalue weighted by Crippen LogP contribution is 2.14. The second-order valence-corrected chi connectivity index (χ2v) is 3.71. The zero-order valence-electron chi connectivity index (χ0n) is 8.16. The number of aromatic carboxylic acids is 1. The first-order chi connectivity index (χ1) is 7.77. The standard InChI is InChI=1S/C10H8N2O3S/c13-10(14)9-8(11-12-16-9)6-15-7-4-2-1-3-5-7/h1-5H,6H2,(H,13,14). The van der Waals surface area contributed by atoms with Crippen LogP contribution in [0.3, 0.4) is 0 Å². The van der Waals surface area contributed by atoms with Crippen molar-refractivity contribution in [1.29, 1.82) is 0 Å². The fraction of sp³-hybridized carbons (Fsp3) is 0.100. The van der Waals surface area contributed by atoms with Gasteiger partial charge in [0.25, 0.3) is 0 Å². The molecule has 0 spiro atoms. The van der Waals surface area contributed by atoms with Crippen LogP contribution in [0.25, 0.3) is 0 Å². The van der Waals surface area contributed by atoms with Gasteiger partial charge < -0.3 is 9.84 Å². The predicted molar refractivity (Wildman–Crippen MR) is 57.6 cm³/mol. The van der Waals surface area contributed by atoms with Crippen molar-refractivity contribution in [3.63, 3.8) is 0 Å². The van der Waals surface area contributed by atoms with Crippen LogP contribution in [-0.2, 0) is 6.61 Å². The number of para-hydroxylation sites is 1. The van der Waals surface area contributed by atoms with Crippen molar-refractivity contribution in [2.75, 3.05) is 0 Å². The van der Waals surface area contributed by atoms with Crippen LogP contribution in [-0.4, -0.2) is 20.7 Å². The highest BCUT2D eigenvalue weighted by molar-refractivity contribution is 7.07. The minimum Gasteiger partial charge on any atom is -0.487 e. The SMILES string of the molecule is O=C(O)c1snnc1COc1ccccc1. The van der Waals surface area contributed by atoms with Crippen LogP contribution in [0.2, 0.25) is 0 Å². The van der Waals surface area contributed by atoms with Gasteiger partial charge in [-0.25, -0.2) is 4.79 Å². The Morgan fingerprint density at radius 3 is 2.81 bits per heavy atom. The van der Waals surface area contributed by atoms with Crippen molar-refractivity contribution in [2.45, 2.75) is 6.61 Å². The van der Waals surface area contributed by atoms with Crippen molar-refractivity contribution in [2.24, 2.45) is 0 Å². The molecule has 0 aliphatic rings. The number of ether oxygens (including phenoxy) is 1. The number of carboxylic acid groups (broad SMARTS) is 1. The van der Waals surface area contributed by atoms with Crippen LogP contribution >= 0.6 is 11.5 Å². The van der Waals surface area contributed by atoms with Crippen LogP contribution in [0.1, 0.15) is 15.4 Å². The van der Waals surface area contributed by atoms with Gasteiger partial charge in [-0.1, -0.05) is 22.7 Å². The van der Waals surface area contributed by atoms with E-state index in [9.17, 15) is 4.79 Å². The summed E-state index contributed by atoms with van der Waals surface area (Å²) in [6.45, 7) is 0.113. The van der Waals surface area contributed by atoms with E-state index in [0.717, 1.165) is 11.5 Å². The minimum absolute atomic E-state index is 0.113. The fourth-order valence-corrected chi connectivity index (χ4v) is 1.64. The van der Waals surface area contributed by atoms with Gasteiger partial charge in [0, 0.05) is 0 Å². The lowest BCUT2D eigenvalue weighted by atomic mass is 10.3. The van der Waals surface area contributed by atoms with E-state index in [1.165, 1.54) is 0 Å². The summed E-state index contributed by atoms with van der Waals surface area (Å²) in [4.78, 5) is 10.9. The van der Waals surface area contributed by atoms with Crippen LogP contribution in [0.4, 0.5) is 0 Å². The molecule has 0 aliphatic heterocycles. The molecule has 82 valence electrons. The lowest BCUT2D eigenvalue weighted by molar-refractivity contribution is 0.0699. The summed E-state index contributed by atoms with van der Waals surface area (Å²) in [5.41, 5.74) is 0.348. The summed E-state index contributed by atoms with van der Waals surface area (Å²) in [5, 5.41) is 12.5. The summed E-state index contributed by atoms with van der Waals surface area (Å²) in [5.74, 6) is -0.353. The quantitative estimate of drug-likeness (QED) is 0.876. The molecular formula is C10H8N2O3S. The van der Waals surface area contributed by atoms with Gasteiger partial charge in [-0.2, -0.15) is 0 Å². The van der Waals surface area contributed by atoms with Gasteiger partial charge in [-0.05, 0) is 23.7 Å². The molecule has 0 aliphatic carbocycles. The average molecular weight is 236 g/mol. The lowest BCUT2D eigenvalue weighted by Gasteiger charge is -2.03. The number of benzene rings is 1. The van der Waals surface area contributed by atoms with Gasteiger partial charge in [-0.3, -0.25) is 0 Å². The molecule has 1 N–H and O–H groups in total. The maximum absolute atomic E-state index is 10.8. The zero-order chi connectivity index (χ0) is 11.4. The molecule has 5 nitrogen and oxygen atoms in total. The highest BCUT2D eigenvalue weighted by Gasteiger charge is 2.15. The number of rotatable bonds is 4. The molecule has 0 saturated carbocycles. The topological polar surface area (TPSA) is 72.3 Å². The first-order valence-electron chi connectivity index (χ1n) is 4.50. The van der Waals surface area contributed by atoms with E-state index in [0.29, 0.717) is 11.4 Å². The van der Waals surface area contributed by atoms with Gasteiger partial charge in [0.05, 0.1) is 0 Å². The van der Waals surface area contributed by atoms with E-state index in [4.69, 9.17) is 9.84 Å². The summed E-state index contributed by atoms with van der Waals surface area (Å²) in [6, 6.07) is 9.14. The molecule has 6 heteroatoms. The Morgan fingerprint density at radius 1 is 1.38 bits per heavy atom. The molecule has 0 saturated heterocycles. The van der Waals surface area contributed by atoms with E-state index < -0.39 is 5.97 Å². The summed E-state index contributed by atoms with van der Waals surface area (Å²) < 4.78 is 8.97. The molecule has 2 aromatic rings. The second kappa shape index (κ2) is 4.71. The summed E-state index contributed by atoms with van der Waals surface area (Å²) in [6.07, 6.45) is 0. The number of nitrogens with zero attached hydrogens (tertiary/aromatic N) is 2. The maximum atomic E-state index is 10.8. The molecule has 1 heterocycles. The Morgan fingerprint density at radius 2 is 2.12 bits per heavy atom. The van der Waals surface area contributed by atoms with Crippen LogP contribution in [0, 0.1) is 0 Å². The van der Waals surface area contributed by atoms with Crippen LogP contribution in [0.15, 0.2) is 30.3 Å². The highest BCUT2D eigenvalue weighted by atomic mass is 32.1. The second-order valence-electron chi connectivity index (χ2n) is 2.96. The van der Waals surface area contributed by atoms with Crippen molar-refractivity contribution < 1.29 is 14.6 Å². The van der Waals surface area contributed by atoms with Gasteiger partial charge in [-0.15, -0.1) is 5.10 Å². The Bertz CT molecular complexity index is 484. The van der Waals surface area contributed by atoms with E-state index in [-0.39, 0.29) is 11.5 Å². The summed E-state index contributed by atoms with van der Waals surface area (Å²) in [7, 11) is 0. The molecule has 0 fully saturated rings. The van der Waals surface area contributed by atoms with Crippen LogP contribution in [0.5, 0.6) is 5.75 Å². The molecule has 0 bridgehead atoms. The van der Waals surface area contributed by atoms with Crippen molar-refractivity contribution in [3.05, 3.63) is 40.9 Å². The zero-order valence-corrected chi connectivity index (χ0v) is 8.98. The van der Waals surface area contributed by atoms with Gasteiger partial charge in [0.2, 0.25) is 0 Å². The Kier molecular flexibility index (Phi) is 3.11. The first-order valence-corrected chi connectivity index (χ1v) is 5.27. The van der Waals surface area contributed by atoms with Crippen molar-refractivity contribution >= 4 is 17.5 Å². The minimum atomic E-state index is -1.03. The number of carboxylic acids is 1. The van der Waals surface area contributed by atoms with Gasteiger partial charge in [0.15, 0.2) is 4.88 Å². The van der Waals surface area contributed by atoms with E-state index >= 15 is 0 Å². The van der Waals surface area contributed by atoms with Gasteiger partial charge in [0.1, 0.15) is 18.1 Å². The largest absolute Gasteiger partial charge is 0.487 e. The lowest BCUT2D eigenvalue weighted by Crippen LogP contribution is -2.03.